The molecular formula is C13H18ClFN2O2S2. The molecule has 4 nitrogen and oxygen atoms in total. The van der Waals surface area contributed by atoms with E-state index in [1.54, 1.807) is 11.8 Å². The molecule has 1 aromatic rings. The van der Waals surface area contributed by atoms with Gasteiger partial charge in [-0.15, -0.1) is 0 Å². The Hall–Kier alpha value is -0.500. The molecule has 2 N–H and O–H groups in total. The summed E-state index contributed by atoms with van der Waals surface area (Å²) in [6.07, 6.45) is 0.741. The van der Waals surface area contributed by atoms with Gasteiger partial charge in [-0.1, -0.05) is 25.4 Å². The molecule has 1 aromatic carbocycles. The van der Waals surface area contributed by atoms with E-state index in [-0.39, 0.29) is 20.4 Å². The highest BCUT2D eigenvalue weighted by Crippen LogP contribution is 2.34. The molecule has 0 saturated carbocycles. The van der Waals surface area contributed by atoms with Gasteiger partial charge in [0.15, 0.2) is 0 Å². The lowest BCUT2D eigenvalue weighted by atomic mass is 10.1. The zero-order valence-electron chi connectivity index (χ0n) is 11.9. The van der Waals surface area contributed by atoms with Gasteiger partial charge in [0.2, 0.25) is 10.0 Å². The van der Waals surface area contributed by atoms with E-state index >= 15 is 0 Å². The van der Waals surface area contributed by atoms with Crippen LogP contribution in [0.25, 0.3) is 0 Å². The Morgan fingerprint density at radius 1 is 1.38 bits per heavy atom. The van der Waals surface area contributed by atoms with E-state index in [1.165, 1.54) is 4.31 Å². The monoisotopic (exact) mass is 352 g/mol. The summed E-state index contributed by atoms with van der Waals surface area (Å²) in [5.74, 6) is -0.00734. The topological polar surface area (TPSA) is 63.4 Å². The summed E-state index contributed by atoms with van der Waals surface area (Å²) < 4.78 is 40.1. The van der Waals surface area contributed by atoms with Gasteiger partial charge in [-0.3, -0.25) is 0 Å². The molecule has 0 spiro atoms. The van der Waals surface area contributed by atoms with Crippen molar-refractivity contribution in [2.24, 2.45) is 0 Å². The number of sulfonamides is 1. The van der Waals surface area contributed by atoms with Crippen LogP contribution in [0.2, 0.25) is 5.02 Å². The minimum absolute atomic E-state index is 0.0376. The zero-order valence-corrected chi connectivity index (χ0v) is 14.3. The number of anilines is 1. The molecule has 0 bridgehead atoms. The van der Waals surface area contributed by atoms with Crippen LogP contribution in [0.5, 0.6) is 0 Å². The normalized spacial score (nSPS) is 20.2. The first-order valence-electron chi connectivity index (χ1n) is 6.52. The molecule has 118 valence electrons. The number of halogens is 2. The predicted octanol–water partition coefficient (Wildman–Crippen LogP) is 2.97. The van der Waals surface area contributed by atoms with Gasteiger partial charge in [0, 0.05) is 23.6 Å². The number of benzene rings is 1. The highest BCUT2D eigenvalue weighted by Gasteiger charge is 2.32. The van der Waals surface area contributed by atoms with Crippen molar-refractivity contribution in [3.63, 3.8) is 0 Å². The highest BCUT2D eigenvalue weighted by molar-refractivity contribution is 8.00. The third-order valence-electron chi connectivity index (χ3n) is 3.47. The molecule has 0 aliphatic carbocycles. The van der Waals surface area contributed by atoms with Gasteiger partial charge < -0.3 is 5.73 Å². The van der Waals surface area contributed by atoms with Crippen molar-refractivity contribution >= 4 is 39.1 Å². The fourth-order valence-corrected chi connectivity index (χ4v) is 5.30. The average molecular weight is 353 g/mol. The number of nitrogens with zero attached hydrogens (tertiary/aromatic N) is 1. The lowest BCUT2D eigenvalue weighted by Crippen LogP contribution is -2.34. The molecule has 1 heterocycles. The summed E-state index contributed by atoms with van der Waals surface area (Å²) in [5.41, 5.74) is 5.25. The first-order chi connectivity index (χ1) is 9.63. The number of rotatable bonds is 2. The first-order valence-corrected chi connectivity index (χ1v) is 9.32. The Labute approximate surface area is 133 Å². The SMILES string of the molecule is CC1(C)CCN(S(=O)(=O)c2cc(N)c(F)cc2Cl)CCS1. The maximum Gasteiger partial charge on any atom is 0.244 e. The maximum atomic E-state index is 13.3. The second-order valence-electron chi connectivity index (χ2n) is 5.57. The van der Waals surface area contributed by atoms with E-state index < -0.39 is 15.8 Å². The predicted molar refractivity (Wildman–Crippen MR) is 85.7 cm³/mol. The molecule has 1 aliphatic rings. The summed E-state index contributed by atoms with van der Waals surface area (Å²) in [7, 11) is -3.76. The summed E-state index contributed by atoms with van der Waals surface area (Å²) >= 11 is 7.64. The number of hydrogen-bond acceptors (Lipinski definition) is 4. The Bertz CT molecular complexity index is 650. The Morgan fingerprint density at radius 2 is 2.05 bits per heavy atom. The van der Waals surface area contributed by atoms with E-state index in [2.05, 4.69) is 13.8 Å². The third kappa shape index (κ3) is 3.64. The largest absolute Gasteiger partial charge is 0.396 e. The van der Waals surface area contributed by atoms with Gasteiger partial charge in [-0.05, 0) is 18.6 Å². The number of hydrogen-bond donors (Lipinski definition) is 1. The summed E-state index contributed by atoms with van der Waals surface area (Å²) in [6, 6.07) is 2.04. The molecular weight excluding hydrogens is 335 g/mol. The molecule has 0 aromatic heterocycles. The highest BCUT2D eigenvalue weighted by atomic mass is 35.5. The molecule has 0 radical (unpaired) electrons. The molecule has 0 amide bonds. The molecule has 0 unspecified atom stereocenters. The van der Waals surface area contributed by atoms with Gasteiger partial charge in [-0.2, -0.15) is 16.1 Å². The van der Waals surface area contributed by atoms with E-state index in [1.807, 2.05) is 0 Å². The van der Waals surface area contributed by atoms with E-state index in [0.717, 1.165) is 18.6 Å². The molecule has 8 heteroatoms. The van der Waals surface area contributed by atoms with Crippen LogP contribution in [0.15, 0.2) is 17.0 Å². The third-order valence-corrected chi connectivity index (χ3v) is 7.20. The number of nitrogen functional groups attached to an aromatic ring is 1. The quantitative estimate of drug-likeness (QED) is 0.831. The van der Waals surface area contributed by atoms with Crippen molar-refractivity contribution in [2.75, 3.05) is 24.6 Å². The van der Waals surface area contributed by atoms with Gasteiger partial charge in [0.1, 0.15) is 10.7 Å². The second-order valence-corrected chi connectivity index (χ2v) is 9.68. The van der Waals surface area contributed by atoms with Gasteiger partial charge in [-0.25, -0.2) is 12.8 Å². The summed E-state index contributed by atoms with van der Waals surface area (Å²) in [6.45, 7) is 5.01. The lowest BCUT2D eigenvalue weighted by Gasteiger charge is -2.23. The fraction of sp³-hybridized carbons (Fsp3) is 0.538. The molecule has 1 fully saturated rings. The van der Waals surface area contributed by atoms with Gasteiger partial charge in [0.25, 0.3) is 0 Å². The van der Waals surface area contributed by atoms with Gasteiger partial charge >= 0.3 is 0 Å². The zero-order chi connectivity index (χ0) is 15.8. The summed E-state index contributed by atoms with van der Waals surface area (Å²) in [5, 5.41) is -0.141. The van der Waals surface area contributed by atoms with E-state index in [0.29, 0.717) is 18.8 Å². The van der Waals surface area contributed by atoms with E-state index in [4.69, 9.17) is 17.3 Å². The second kappa shape index (κ2) is 5.95. The van der Waals surface area contributed by atoms with Crippen LogP contribution in [0.3, 0.4) is 0 Å². The van der Waals surface area contributed by atoms with Gasteiger partial charge in [0.05, 0.1) is 10.7 Å². The summed E-state index contributed by atoms with van der Waals surface area (Å²) in [4.78, 5) is -0.132. The van der Waals surface area contributed by atoms with Crippen LogP contribution in [0.1, 0.15) is 20.3 Å². The van der Waals surface area contributed by atoms with Crippen LogP contribution in [-0.4, -0.2) is 36.3 Å². The Kier molecular flexibility index (Phi) is 4.78. The molecule has 21 heavy (non-hydrogen) atoms. The van der Waals surface area contributed by atoms with Crippen molar-refractivity contribution in [3.8, 4) is 0 Å². The van der Waals surface area contributed by atoms with Crippen LogP contribution in [-0.2, 0) is 10.0 Å². The lowest BCUT2D eigenvalue weighted by molar-refractivity contribution is 0.415. The fourth-order valence-electron chi connectivity index (χ4n) is 2.12. The molecule has 1 aliphatic heterocycles. The minimum Gasteiger partial charge on any atom is -0.396 e. The Balaban J connectivity index is 2.36. The van der Waals surface area contributed by atoms with Crippen molar-refractivity contribution in [1.29, 1.82) is 0 Å². The minimum atomic E-state index is -3.76. The number of thioether (sulfide) groups is 1. The number of nitrogens with two attached hydrogens (primary N) is 1. The van der Waals surface area contributed by atoms with E-state index in [9.17, 15) is 12.8 Å². The molecule has 1 saturated heterocycles. The molecule has 0 atom stereocenters. The Morgan fingerprint density at radius 3 is 2.71 bits per heavy atom. The van der Waals surface area contributed by atoms with Crippen molar-refractivity contribution in [1.82, 2.24) is 4.31 Å². The molecule has 2 rings (SSSR count). The van der Waals surface area contributed by atoms with Crippen LogP contribution in [0.4, 0.5) is 10.1 Å². The van der Waals surface area contributed by atoms with Crippen molar-refractivity contribution in [2.45, 2.75) is 29.9 Å². The smallest absolute Gasteiger partial charge is 0.244 e. The standard InChI is InChI=1S/C13H18ClFN2O2S2/c1-13(2)3-4-17(5-6-20-13)21(18,19)12-8-11(16)10(15)7-9(12)14/h7-8H,3-6,16H2,1-2H3. The van der Waals surface area contributed by atoms with Crippen LogP contribution in [0, 0.1) is 5.82 Å². The average Bonchev–Trinajstić information content (AvgIpc) is 2.55. The van der Waals surface area contributed by atoms with Crippen molar-refractivity contribution in [3.05, 3.63) is 23.0 Å². The van der Waals surface area contributed by atoms with Crippen LogP contribution < -0.4 is 5.73 Å². The van der Waals surface area contributed by atoms with Crippen molar-refractivity contribution < 1.29 is 12.8 Å². The maximum absolute atomic E-state index is 13.3. The van der Waals surface area contributed by atoms with Crippen LogP contribution >= 0.6 is 23.4 Å². The first kappa shape index (κ1) is 16.9.